The van der Waals surface area contributed by atoms with Gasteiger partial charge < -0.3 is 15.0 Å². The van der Waals surface area contributed by atoms with Crippen LogP contribution in [0.1, 0.15) is 12.6 Å². The summed E-state index contributed by atoms with van der Waals surface area (Å²) in [7, 11) is 1.65. The standard InChI is InChI=1S/C18H19N3O2S/c1-12(24-17-5-3-4-8-19-17)18(22)20-11-14-9-13-10-15(23-2)6-7-16(13)21-14/h3-10,12,21H,11H2,1-2H3,(H,20,22)/t12-/m0/s1. The molecule has 2 N–H and O–H groups in total. The molecule has 0 spiro atoms. The molecule has 0 radical (unpaired) electrons. The molecule has 24 heavy (non-hydrogen) atoms. The summed E-state index contributed by atoms with van der Waals surface area (Å²) in [5.74, 6) is 0.805. The van der Waals surface area contributed by atoms with Crippen molar-refractivity contribution in [2.24, 2.45) is 0 Å². The number of hydrogen-bond donors (Lipinski definition) is 2. The fraction of sp³-hybridized carbons (Fsp3) is 0.222. The van der Waals surface area contributed by atoms with Gasteiger partial charge in [0, 0.05) is 22.8 Å². The maximum Gasteiger partial charge on any atom is 0.233 e. The second kappa shape index (κ2) is 7.40. The number of carbonyl (C=O) groups is 1. The third-order valence-corrected chi connectivity index (χ3v) is 4.69. The van der Waals surface area contributed by atoms with Crippen LogP contribution in [0.2, 0.25) is 0 Å². The van der Waals surface area contributed by atoms with Gasteiger partial charge in [-0.1, -0.05) is 17.8 Å². The van der Waals surface area contributed by atoms with Crippen molar-refractivity contribution in [2.75, 3.05) is 7.11 Å². The molecule has 0 saturated heterocycles. The number of hydrogen-bond acceptors (Lipinski definition) is 4. The summed E-state index contributed by atoms with van der Waals surface area (Å²) >= 11 is 1.45. The van der Waals surface area contributed by atoms with Gasteiger partial charge in [0.1, 0.15) is 5.75 Å². The largest absolute Gasteiger partial charge is 0.497 e. The van der Waals surface area contributed by atoms with E-state index in [4.69, 9.17) is 4.74 Å². The van der Waals surface area contributed by atoms with Crippen LogP contribution in [-0.2, 0) is 11.3 Å². The fourth-order valence-electron chi connectivity index (χ4n) is 2.37. The summed E-state index contributed by atoms with van der Waals surface area (Å²) in [6.45, 7) is 2.34. The van der Waals surface area contributed by atoms with Gasteiger partial charge in [-0.3, -0.25) is 4.79 Å². The van der Waals surface area contributed by atoms with Crippen molar-refractivity contribution in [3.63, 3.8) is 0 Å². The van der Waals surface area contributed by atoms with Crippen LogP contribution in [0.25, 0.3) is 10.9 Å². The number of aromatic amines is 1. The quantitative estimate of drug-likeness (QED) is 0.675. The first-order valence-electron chi connectivity index (χ1n) is 7.67. The van der Waals surface area contributed by atoms with E-state index in [1.54, 1.807) is 13.3 Å². The average Bonchev–Trinajstić information content (AvgIpc) is 3.02. The second-order valence-corrected chi connectivity index (χ2v) is 6.75. The number of H-pyrrole nitrogens is 1. The fourth-order valence-corrected chi connectivity index (χ4v) is 3.20. The lowest BCUT2D eigenvalue weighted by Gasteiger charge is -2.10. The number of fused-ring (bicyclic) bond motifs is 1. The van der Waals surface area contributed by atoms with E-state index in [1.807, 2.05) is 49.4 Å². The van der Waals surface area contributed by atoms with Gasteiger partial charge in [-0.25, -0.2) is 4.98 Å². The first kappa shape index (κ1) is 16.4. The Morgan fingerprint density at radius 1 is 1.33 bits per heavy atom. The topological polar surface area (TPSA) is 67.0 Å². The van der Waals surface area contributed by atoms with Crippen molar-refractivity contribution in [2.45, 2.75) is 23.7 Å². The number of amides is 1. The van der Waals surface area contributed by atoms with Gasteiger partial charge in [0.05, 0.1) is 23.9 Å². The summed E-state index contributed by atoms with van der Waals surface area (Å²) in [5.41, 5.74) is 1.98. The molecule has 2 aromatic heterocycles. The highest BCUT2D eigenvalue weighted by Gasteiger charge is 2.15. The van der Waals surface area contributed by atoms with Crippen molar-refractivity contribution in [1.29, 1.82) is 0 Å². The Morgan fingerprint density at radius 3 is 2.96 bits per heavy atom. The second-order valence-electron chi connectivity index (χ2n) is 5.39. The summed E-state index contributed by atoms with van der Waals surface area (Å²) in [6.07, 6.45) is 1.73. The highest BCUT2D eigenvalue weighted by Crippen LogP contribution is 2.22. The van der Waals surface area contributed by atoms with E-state index in [0.29, 0.717) is 6.54 Å². The normalized spacial score (nSPS) is 12.1. The van der Waals surface area contributed by atoms with Crippen molar-refractivity contribution < 1.29 is 9.53 Å². The number of carbonyl (C=O) groups excluding carboxylic acids is 1. The number of benzene rings is 1. The lowest BCUT2D eigenvalue weighted by Crippen LogP contribution is -2.30. The molecule has 1 atom stereocenters. The molecule has 0 aliphatic carbocycles. The van der Waals surface area contributed by atoms with Gasteiger partial charge in [-0.2, -0.15) is 0 Å². The molecule has 0 aliphatic rings. The SMILES string of the molecule is COc1ccc2[nH]c(CNC(=O)[C@H](C)Sc3ccccn3)cc2c1. The van der Waals surface area contributed by atoms with Crippen LogP contribution in [0.15, 0.2) is 53.7 Å². The minimum absolute atomic E-state index is 0.0121. The van der Waals surface area contributed by atoms with E-state index in [9.17, 15) is 4.79 Å². The zero-order valence-corrected chi connectivity index (χ0v) is 14.4. The lowest BCUT2D eigenvalue weighted by atomic mass is 10.2. The third-order valence-electron chi connectivity index (χ3n) is 3.64. The van der Waals surface area contributed by atoms with Crippen molar-refractivity contribution in [3.05, 3.63) is 54.4 Å². The minimum atomic E-state index is -0.204. The molecule has 0 fully saturated rings. The minimum Gasteiger partial charge on any atom is -0.497 e. The van der Waals surface area contributed by atoms with E-state index in [-0.39, 0.29) is 11.2 Å². The van der Waals surface area contributed by atoms with Crippen molar-refractivity contribution >= 4 is 28.6 Å². The molecule has 3 aromatic rings. The van der Waals surface area contributed by atoms with Gasteiger partial charge in [0.15, 0.2) is 0 Å². The number of rotatable bonds is 6. The van der Waals surface area contributed by atoms with E-state index in [2.05, 4.69) is 15.3 Å². The summed E-state index contributed by atoms with van der Waals surface area (Å²) in [6, 6.07) is 13.6. The number of aromatic nitrogens is 2. The van der Waals surface area contributed by atoms with Gasteiger partial charge in [-0.05, 0) is 43.3 Å². The third kappa shape index (κ3) is 3.89. The molecule has 6 heteroatoms. The Balaban J connectivity index is 1.59. The molecule has 1 amide bonds. The molecule has 0 unspecified atom stereocenters. The van der Waals surface area contributed by atoms with Crippen molar-refractivity contribution in [3.8, 4) is 5.75 Å². The Bertz CT molecular complexity index is 833. The highest BCUT2D eigenvalue weighted by molar-refractivity contribution is 8.00. The number of methoxy groups -OCH3 is 1. The summed E-state index contributed by atoms with van der Waals surface area (Å²) in [5, 5.41) is 4.66. The smallest absolute Gasteiger partial charge is 0.233 e. The Kier molecular flexibility index (Phi) is 5.05. The van der Waals surface area contributed by atoms with E-state index in [0.717, 1.165) is 27.4 Å². The highest BCUT2D eigenvalue weighted by atomic mass is 32.2. The molecule has 3 rings (SSSR count). The van der Waals surface area contributed by atoms with E-state index >= 15 is 0 Å². The maximum atomic E-state index is 12.2. The Hall–Kier alpha value is -2.47. The number of pyridine rings is 1. The molecule has 124 valence electrons. The average molecular weight is 341 g/mol. The molecule has 0 aliphatic heterocycles. The zero-order valence-electron chi connectivity index (χ0n) is 13.6. The van der Waals surface area contributed by atoms with Gasteiger partial charge >= 0.3 is 0 Å². The lowest BCUT2D eigenvalue weighted by molar-refractivity contribution is -0.120. The Morgan fingerprint density at radius 2 is 2.21 bits per heavy atom. The summed E-state index contributed by atoms with van der Waals surface area (Å²) < 4.78 is 5.23. The van der Waals surface area contributed by atoms with Gasteiger partial charge in [0.25, 0.3) is 0 Å². The molecule has 5 nitrogen and oxygen atoms in total. The van der Waals surface area contributed by atoms with Crippen LogP contribution < -0.4 is 10.1 Å². The molecule has 0 bridgehead atoms. The van der Waals surface area contributed by atoms with E-state index < -0.39 is 0 Å². The molecule has 2 heterocycles. The van der Waals surface area contributed by atoms with E-state index in [1.165, 1.54) is 11.8 Å². The van der Waals surface area contributed by atoms with Crippen LogP contribution in [-0.4, -0.2) is 28.2 Å². The molecule has 1 aromatic carbocycles. The van der Waals surface area contributed by atoms with Gasteiger partial charge in [-0.15, -0.1) is 0 Å². The molecular weight excluding hydrogens is 322 g/mol. The molecular formula is C18H19N3O2S. The number of ether oxygens (including phenoxy) is 1. The summed E-state index contributed by atoms with van der Waals surface area (Å²) in [4.78, 5) is 19.8. The first-order valence-corrected chi connectivity index (χ1v) is 8.54. The predicted octanol–water partition coefficient (Wildman–Crippen LogP) is 3.37. The first-order chi connectivity index (χ1) is 11.7. The van der Waals surface area contributed by atoms with Crippen LogP contribution in [0, 0.1) is 0 Å². The van der Waals surface area contributed by atoms with Crippen LogP contribution in [0.4, 0.5) is 0 Å². The molecule has 0 saturated carbocycles. The predicted molar refractivity (Wildman–Crippen MR) is 96.3 cm³/mol. The van der Waals surface area contributed by atoms with Crippen LogP contribution >= 0.6 is 11.8 Å². The maximum absolute atomic E-state index is 12.2. The van der Waals surface area contributed by atoms with Gasteiger partial charge in [0.2, 0.25) is 5.91 Å². The van der Waals surface area contributed by atoms with Crippen LogP contribution in [0.5, 0.6) is 5.75 Å². The monoisotopic (exact) mass is 341 g/mol. The van der Waals surface area contributed by atoms with Crippen LogP contribution in [0.3, 0.4) is 0 Å². The number of nitrogens with zero attached hydrogens (tertiary/aromatic N) is 1. The van der Waals surface area contributed by atoms with Crippen molar-refractivity contribution in [1.82, 2.24) is 15.3 Å². The number of nitrogens with one attached hydrogen (secondary N) is 2. The Labute approximate surface area is 144 Å². The zero-order chi connectivity index (χ0) is 16.9. The number of thioether (sulfide) groups is 1.